The third kappa shape index (κ3) is 3.29. The molecule has 1 unspecified atom stereocenters. The molecule has 23 heavy (non-hydrogen) atoms. The summed E-state index contributed by atoms with van der Waals surface area (Å²) in [6, 6.07) is 3.82. The van der Waals surface area contributed by atoms with Gasteiger partial charge in [-0.15, -0.1) is 11.3 Å². The van der Waals surface area contributed by atoms with Crippen LogP contribution in [0.25, 0.3) is 10.8 Å². The average Bonchev–Trinajstić information content (AvgIpc) is 3.17. The van der Waals surface area contributed by atoms with Gasteiger partial charge in [0.15, 0.2) is 0 Å². The van der Waals surface area contributed by atoms with E-state index in [0.29, 0.717) is 31.0 Å². The third-order valence-corrected chi connectivity index (χ3v) is 5.04. The van der Waals surface area contributed by atoms with E-state index in [4.69, 9.17) is 4.42 Å². The Bertz CT molecular complexity index is 709. The summed E-state index contributed by atoms with van der Waals surface area (Å²) < 4.78 is 5.41. The van der Waals surface area contributed by atoms with Crippen molar-refractivity contribution in [2.24, 2.45) is 5.41 Å². The van der Waals surface area contributed by atoms with Gasteiger partial charge in [0.25, 0.3) is 0 Å². The topological polar surface area (TPSA) is 83.6 Å². The number of piperidine rings is 1. The van der Waals surface area contributed by atoms with Crippen LogP contribution in [0.1, 0.15) is 25.5 Å². The number of amides is 1. The van der Waals surface area contributed by atoms with Gasteiger partial charge in [0, 0.05) is 13.1 Å². The predicted octanol–water partition coefficient (Wildman–Crippen LogP) is 2.66. The Morgan fingerprint density at radius 1 is 1.52 bits per heavy atom. The minimum atomic E-state index is -0.861. The Balaban J connectivity index is 1.66. The number of carbonyl (C=O) groups is 2. The van der Waals surface area contributed by atoms with Gasteiger partial charge in [-0.05, 0) is 31.2 Å². The summed E-state index contributed by atoms with van der Waals surface area (Å²) in [7, 11) is 0. The van der Waals surface area contributed by atoms with Crippen LogP contribution in [-0.2, 0) is 16.0 Å². The highest BCUT2D eigenvalue weighted by Crippen LogP contribution is 2.30. The second-order valence-electron chi connectivity index (χ2n) is 6.08. The fraction of sp³-hybridized carbons (Fsp3) is 0.438. The van der Waals surface area contributed by atoms with E-state index < -0.39 is 11.4 Å². The maximum Gasteiger partial charge on any atom is 0.311 e. The van der Waals surface area contributed by atoms with Crippen molar-refractivity contribution in [3.05, 3.63) is 29.5 Å². The molecule has 1 N–H and O–H groups in total. The summed E-state index contributed by atoms with van der Waals surface area (Å²) in [5, 5.41) is 11.3. The number of carboxylic acid groups (broad SMARTS) is 1. The molecule has 3 rings (SSSR count). The Hall–Kier alpha value is -2.15. The van der Waals surface area contributed by atoms with Gasteiger partial charge in [-0.1, -0.05) is 6.07 Å². The summed E-state index contributed by atoms with van der Waals surface area (Å²) in [5.74, 6) is -0.448. The number of hydrogen-bond donors (Lipinski definition) is 1. The summed E-state index contributed by atoms with van der Waals surface area (Å²) >= 11 is 1.52. The van der Waals surface area contributed by atoms with Gasteiger partial charge in [0.1, 0.15) is 6.26 Å². The van der Waals surface area contributed by atoms with E-state index in [1.807, 2.05) is 17.5 Å². The highest BCUT2D eigenvalue weighted by molar-refractivity contribution is 7.13. The first-order chi connectivity index (χ1) is 11.0. The summed E-state index contributed by atoms with van der Waals surface area (Å²) in [6.07, 6.45) is 2.92. The van der Waals surface area contributed by atoms with E-state index in [9.17, 15) is 14.7 Å². The first kappa shape index (κ1) is 15.7. The fourth-order valence-electron chi connectivity index (χ4n) is 2.80. The molecule has 1 aliphatic heterocycles. The number of rotatable bonds is 4. The zero-order valence-corrected chi connectivity index (χ0v) is 13.6. The number of aliphatic carboxylic acids is 1. The Labute approximate surface area is 137 Å². The second kappa shape index (κ2) is 6.16. The molecule has 122 valence electrons. The van der Waals surface area contributed by atoms with E-state index in [2.05, 4.69) is 4.98 Å². The van der Waals surface area contributed by atoms with Crippen LogP contribution in [0.3, 0.4) is 0 Å². The quantitative estimate of drug-likeness (QED) is 0.929. The van der Waals surface area contributed by atoms with Crippen LogP contribution in [0.5, 0.6) is 0 Å². The number of carbonyl (C=O) groups excluding carboxylic acids is 1. The molecule has 3 heterocycles. The first-order valence-corrected chi connectivity index (χ1v) is 8.35. The summed E-state index contributed by atoms with van der Waals surface area (Å²) in [5.41, 5.74) is -0.291. The van der Waals surface area contributed by atoms with Crippen molar-refractivity contribution in [1.29, 1.82) is 0 Å². The van der Waals surface area contributed by atoms with Gasteiger partial charge in [-0.3, -0.25) is 9.59 Å². The number of oxazole rings is 1. The molecule has 2 aromatic rings. The largest absolute Gasteiger partial charge is 0.481 e. The van der Waals surface area contributed by atoms with Gasteiger partial charge in [0.05, 0.1) is 22.4 Å². The van der Waals surface area contributed by atoms with Crippen LogP contribution in [0.2, 0.25) is 0 Å². The highest BCUT2D eigenvalue weighted by atomic mass is 32.1. The van der Waals surface area contributed by atoms with Gasteiger partial charge in [-0.25, -0.2) is 4.98 Å². The van der Waals surface area contributed by atoms with E-state index in [1.54, 1.807) is 11.8 Å². The van der Waals surface area contributed by atoms with Gasteiger partial charge in [-0.2, -0.15) is 0 Å². The number of aromatic nitrogens is 1. The molecule has 6 nitrogen and oxygen atoms in total. The normalized spacial score (nSPS) is 21.3. The molecule has 0 bridgehead atoms. The summed E-state index contributed by atoms with van der Waals surface area (Å²) in [6.45, 7) is 2.54. The molecule has 2 aromatic heterocycles. The van der Waals surface area contributed by atoms with Crippen molar-refractivity contribution >= 4 is 23.2 Å². The fourth-order valence-corrected chi connectivity index (χ4v) is 3.45. The minimum Gasteiger partial charge on any atom is -0.481 e. The molecule has 7 heteroatoms. The third-order valence-electron chi connectivity index (χ3n) is 4.18. The Kier molecular flexibility index (Phi) is 4.21. The smallest absolute Gasteiger partial charge is 0.311 e. The monoisotopic (exact) mass is 334 g/mol. The maximum absolute atomic E-state index is 12.4. The molecule has 0 aliphatic carbocycles. The predicted molar refractivity (Wildman–Crippen MR) is 85.1 cm³/mol. The van der Waals surface area contributed by atoms with Gasteiger partial charge < -0.3 is 14.4 Å². The lowest BCUT2D eigenvalue weighted by molar-refractivity contribution is -0.153. The zero-order chi connectivity index (χ0) is 16.4. The lowest BCUT2D eigenvalue weighted by Gasteiger charge is -2.37. The second-order valence-corrected chi connectivity index (χ2v) is 7.03. The Morgan fingerprint density at radius 2 is 2.35 bits per heavy atom. The van der Waals surface area contributed by atoms with E-state index in [-0.39, 0.29) is 18.9 Å². The van der Waals surface area contributed by atoms with E-state index in [0.717, 1.165) is 4.88 Å². The van der Waals surface area contributed by atoms with Crippen molar-refractivity contribution < 1.29 is 19.1 Å². The SMILES string of the molecule is CC1(C(=O)O)CCCN(C(=O)Cc2coc(-c3cccs3)n2)C1. The maximum atomic E-state index is 12.4. The van der Waals surface area contributed by atoms with Crippen LogP contribution in [0.4, 0.5) is 0 Å². The lowest BCUT2D eigenvalue weighted by Crippen LogP contribution is -2.48. The van der Waals surface area contributed by atoms with Crippen molar-refractivity contribution in [2.45, 2.75) is 26.2 Å². The number of likely N-dealkylation sites (tertiary alicyclic amines) is 1. The number of hydrogen-bond acceptors (Lipinski definition) is 5. The van der Waals surface area contributed by atoms with Crippen LogP contribution >= 0.6 is 11.3 Å². The van der Waals surface area contributed by atoms with Crippen LogP contribution < -0.4 is 0 Å². The van der Waals surface area contributed by atoms with E-state index in [1.165, 1.54) is 17.6 Å². The van der Waals surface area contributed by atoms with Gasteiger partial charge >= 0.3 is 5.97 Å². The zero-order valence-electron chi connectivity index (χ0n) is 12.8. The first-order valence-electron chi connectivity index (χ1n) is 7.47. The lowest BCUT2D eigenvalue weighted by atomic mass is 9.82. The molecule has 0 aromatic carbocycles. The van der Waals surface area contributed by atoms with Crippen molar-refractivity contribution in [1.82, 2.24) is 9.88 Å². The van der Waals surface area contributed by atoms with Crippen molar-refractivity contribution in [2.75, 3.05) is 13.1 Å². The standard InChI is InChI=1S/C16H18N2O4S/c1-16(15(20)21)5-3-6-18(10-16)13(19)8-11-9-22-14(17-11)12-4-2-7-23-12/h2,4,7,9H,3,5-6,8,10H2,1H3,(H,20,21). The van der Waals surface area contributed by atoms with Crippen molar-refractivity contribution in [3.8, 4) is 10.8 Å². The van der Waals surface area contributed by atoms with Gasteiger partial charge in [0.2, 0.25) is 11.8 Å². The molecule has 0 saturated carbocycles. The van der Waals surface area contributed by atoms with Crippen molar-refractivity contribution in [3.63, 3.8) is 0 Å². The van der Waals surface area contributed by atoms with Crippen LogP contribution in [0.15, 0.2) is 28.2 Å². The molecule has 0 radical (unpaired) electrons. The molecule has 1 aliphatic rings. The molecule has 1 saturated heterocycles. The van der Waals surface area contributed by atoms with Crippen LogP contribution in [0, 0.1) is 5.41 Å². The Morgan fingerprint density at radius 3 is 3.04 bits per heavy atom. The molecule has 0 spiro atoms. The number of carboxylic acids is 1. The minimum absolute atomic E-state index is 0.108. The van der Waals surface area contributed by atoms with E-state index >= 15 is 0 Å². The summed E-state index contributed by atoms with van der Waals surface area (Å²) in [4.78, 5) is 30.7. The molecule has 1 atom stereocenters. The highest BCUT2D eigenvalue weighted by Gasteiger charge is 2.39. The molecular formula is C16H18N2O4S. The number of thiophene rings is 1. The van der Waals surface area contributed by atoms with Crippen LogP contribution in [-0.4, -0.2) is 40.0 Å². The molecule has 1 fully saturated rings. The molecular weight excluding hydrogens is 316 g/mol. The number of nitrogens with zero attached hydrogens (tertiary/aromatic N) is 2. The average molecular weight is 334 g/mol. The molecule has 1 amide bonds.